The third-order valence-electron chi connectivity index (χ3n) is 3.71. The Morgan fingerprint density at radius 3 is 2.70 bits per heavy atom. The van der Waals surface area contributed by atoms with E-state index in [0.717, 1.165) is 18.8 Å². The number of imidazole rings is 1. The highest BCUT2D eigenvalue weighted by Crippen LogP contribution is 2.18. The molecule has 2 heterocycles. The predicted octanol–water partition coefficient (Wildman–Crippen LogP) is 2.64. The largest absolute Gasteiger partial charge is 0.335 e. The van der Waals surface area contributed by atoms with E-state index in [2.05, 4.69) is 10.1 Å². The van der Waals surface area contributed by atoms with Gasteiger partial charge in [-0.3, -0.25) is 4.79 Å². The lowest BCUT2D eigenvalue weighted by atomic mass is 10.1. The van der Waals surface area contributed by atoms with Gasteiger partial charge in [0.1, 0.15) is 11.6 Å². The van der Waals surface area contributed by atoms with Crippen LogP contribution < -0.4 is 5.56 Å². The summed E-state index contributed by atoms with van der Waals surface area (Å²) in [7, 11) is 0. The SMILES string of the molecule is Cc1nccn1CCCn1nc(-c2ccccc2F)ccc1=O. The van der Waals surface area contributed by atoms with Crippen LogP contribution >= 0.6 is 0 Å². The molecule has 0 unspecified atom stereocenters. The van der Waals surface area contributed by atoms with Gasteiger partial charge in [0.25, 0.3) is 5.56 Å². The quantitative estimate of drug-likeness (QED) is 0.728. The summed E-state index contributed by atoms with van der Waals surface area (Å²) in [6.45, 7) is 3.16. The molecule has 0 atom stereocenters. The molecule has 0 bridgehead atoms. The molecule has 0 radical (unpaired) electrons. The first-order valence-corrected chi connectivity index (χ1v) is 7.46. The van der Waals surface area contributed by atoms with Crippen LogP contribution in [0.25, 0.3) is 11.3 Å². The highest BCUT2D eigenvalue weighted by Gasteiger charge is 2.08. The Morgan fingerprint density at radius 2 is 1.96 bits per heavy atom. The van der Waals surface area contributed by atoms with Crippen molar-refractivity contribution in [3.63, 3.8) is 0 Å². The normalized spacial score (nSPS) is 10.9. The summed E-state index contributed by atoms with van der Waals surface area (Å²) in [6, 6.07) is 9.39. The average molecular weight is 312 g/mol. The smallest absolute Gasteiger partial charge is 0.266 e. The Kier molecular flexibility index (Phi) is 4.32. The number of hydrogen-bond acceptors (Lipinski definition) is 3. The van der Waals surface area contributed by atoms with Crippen molar-refractivity contribution in [2.45, 2.75) is 26.4 Å². The van der Waals surface area contributed by atoms with Crippen molar-refractivity contribution in [2.75, 3.05) is 0 Å². The third-order valence-corrected chi connectivity index (χ3v) is 3.71. The van der Waals surface area contributed by atoms with Crippen molar-refractivity contribution in [2.24, 2.45) is 0 Å². The second kappa shape index (κ2) is 6.56. The fraction of sp³-hybridized carbons (Fsp3) is 0.235. The van der Waals surface area contributed by atoms with Gasteiger partial charge >= 0.3 is 0 Å². The first kappa shape index (κ1) is 15.1. The van der Waals surface area contributed by atoms with Gasteiger partial charge < -0.3 is 4.57 Å². The first-order valence-electron chi connectivity index (χ1n) is 7.46. The molecule has 0 saturated heterocycles. The maximum Gasteiger partial charge on any atom is 0.266 e. The van der Waals surface area contributed by atoms with Crippen LogP contribution in [-0.4, -0.2) is 19.3 Å². The lowest BCUT2D eigenvalue weighted by Gasteiger charge is -2.09. The van der Waals surface area contributed by atoms with Crippen LogP contribution in [0.15, 0.2) is 53.6 Å². The van der Waals surface area contributed by atoms with E-state index in [0.29, 0.717) is 17.8 Å². The number of benzene rings is 1. The predicted molar refractivity (Wildman–Crippen MR) is 85.5 cm³/mol. The molecule has 3 rings (SSSR count). The molecule has 2 aromatic heterocycles. The van der Waals surface area contributed by atoms with Crippen molar-refractivity contribution in [1.29, 1.82) is 0 Å². The topological polar surface area (TPSA) is 52.7 Å². The van der Waals surface area contributed by atoms with Gasteiger partial charge in [-0.25, -0.2) is 14.1 Å². The van der Waals surface area contributed by atoms with Crippen LogP contribution in [0.3, 0.4) is 0 Å². The molecule has 0 aliphatic rings. The molecule has 23 heavy (non-hydrogen) atoms. The molecule has 1 aromatic carbocycles. The number of rotatable bonds is 5. The second-order valence-electron chi connectivity index (χ2n) is 5.28. The maximum absolute atomic E-state index is 13.9. The summed E-state index contributed by atoms with van der Waals surface area (Å²) in [6.07, 6.45) is 4.39. The lowest BCUT2D eigenvalue weighted by molar-refractivity contribution is 0.503. The molecule has 0 spiro atoms. The Balaban J connectivity index is 1.77. The highest BCUT2D eigenvalue weighted by atomic mass is 19.1. The van der Waals surface area contributed by atoms with Crippen LogP contribution in [0.5, 0.6) is 0 Å². The van der Waals surface area contributed by atoms with E-state index in [-0.39, 0.29) is 11.4 Å². The Labute approximate surface area is 133 Å². The molecule has 5 nitrogen and oxygen atoms in total. The van der Waals surface area contributed by atoms with Gasteiger partial charge in [0, 0.05) is 37.1 Å². The van der Waals surface area contributed by atoms with Gasteiger partial charge in [-0.05, 0) is 31.5 Å². The van der Waals surface area contributed by atoms with Gasteiger partial charge in [0.05, 0.1) is 5.69 Å². The monoisotopic (exact) mass is 312 g/mol. The Morgan fingerprint density at radius 1 is 1.13 bits per heavy atom. The maximum atomic E-state index is 13.9. The van der Waals surface area contributed by atoms with Crippen molar-refractivity contribution >= 4 is 0 Å². The number of aryl methyl sites for hydroxylation is 3. The fourth-order valence-corrected chi connectivity index (χ4v) is 2.45. The van der Waals surface area contributed by atoms with Crippen LogP contribution in [0.4, 0.5) is 4.39 Å². The van der Waals surface area contributed by atoms with Gasteiger partial charge in [-0.1, -0.05) is 12.1 Å². The van der Waals surface area contributed by atoms with E-state index >= 15 is 0 Å². The van der Waals surface area contributed by atoms with Gasteiger partial charge in [0.2, 0.25) is 0 Å². The van der Waals surface area contributed by atoms with Crippen molar-refractivity contribution in [1.82, 2.24) is 19.3 Å². The average Bonchev–Trinajstić information content (AvgIpc) is 2.95. The molecular formula is C17H17FN4O. The minimum absolute atomic E-state index is 0.188. The number of hydrogen-bond donors (Lipinski definition) is 0. The lowest BCUT2D eigenvalue weighted by Crippen LogP contribution is -2.23. The number of nitrogens with zero attached hydrogens (tertiary/aromatic N) is 4. The summed E-state index contributed by atoms with van der Waals surface area (Å²) in [5, 5.41) is 4.28. The second-order valence-corrected chi connectivity index (χ2v) is 5.28. The highest BCUT2D eigenvalue weighted by molar-refractivity contribution is 5.58. The van der Waals surface area contributed by atoms with Gasteiger partial charge in [-0.2, -0.15) is 5.10 Å². The molecule has 0 amide bonds. The minimum atomic E-state index is -0.348. The summed E-state index contributed by atoms with van der Waals surface area (Å²) >= 11 is 0. The molecule has 0 N–H and O–H groups in total. The van der Waals surface area contributed by atoms with Crippen LogP contribution in [0.1, 0.15) is 12.2 Å². The summed E-state index contributed by atoms with van der Waals surface area (Å²) < 4.78 is 17.3. The van der Waals surface area contributed by atoms with Crippen LogP contribution in [0.2, 0.25) is 0 Å². The molecule has 118 valence electrons. The van der Waals surface area contributed by atoms with E-state index in [9.17, 15) is 9.18 Å². The van der Waals surface area contributed by atoms with E-state index in [1.165, 1.54) is 16.8 Å². The summed E-state index contributed by atoms with van der Waals surface area (Å²) in [5.41, 5.74) is 0.667. The van der Waals surface area contributed by atoms with E-state index in [1.54, 1.807) is 30.5 Å². The molecule has 0 aliphatic carbocycles. The zero-order valence-electron chi connectivity index (χ0n) is 12.8. The van der Waals surface area contributed by atoms with Gasteiger partial charge in [0.15, 0.2) is 0 Å². The molecule has 3 aromatic rings. The summed E-state index contributed by atoms with van der Waals surface area (Å²) in [5.74, 6) is 0.588. The number of aromatic nitrogens is 4. The standard InChI is InChI=1S/C17H17FN4O/c1-13-19-9-12-21(13)10-4-11-22-17(23)8-7-16(20-22)14-5-2-3-6-15(14)18/h2-3,5-9,12H,4,10-11H2,1H3. The van der Waals surface area contributed by atoms with Crippen LogP contribution in [-0.2, 0) is 13.1 Å². The van der Waals surface area contributed by atoms with E-state index in [1.807, 2.05) is 17.7 Å². The van der Waals surface area contributed by atoms with Crippen molar-refractivity contribution in [3.05, 3.63) is 70.8 Å². The van der Waals surface area contributed by atoms with Crippen molar-refractivity contribution < 1.29 is 4.39 Å². The molecule has 0 saturated carbocycles. The van der Waals surface area contributed by atoms with E-state index < -0.39 is 0 Å². The first-order chi connectivity index (χ1) is 11.1. The Bertz CT molecular complexity index is 869. The zero-order chi connectivity index (χ0) is 16.2. The number of halogens is 1. The van der Waals surface area contributed by atoms with E-state index in [4.69, 9.17) is 0 Å². The molecule has 6 heteroatoms. The third kappa shape index (κ3) is 3.36. The van der Waals surface area contributed by atoms with Crippen LogP contribution in [0, 0.1) is 12.7 Å². The minimum Gasteiger partial charge on any atom is -0.335 e. The molecule has 0 aliphatic heterocycles. The van der Waals surface area contributed by atoms with Crippen molar-refractivity contribution in [3.8, 4) is 11.3 Å². The van der Waals surface area contributed by atoms with Gasteiger partial charge in [-0.15, -0.1) is 0 Å². The molecule has 0 fully saturated rings. The zero-order valence-corrected chi connectivity index (χ0v) is 12.8. The molecular weight excluding hydrogens is 295 g/mol. The Hall–Kier alpha value is -2.76. The fourth-order valence-electron chi connectivity index (χ4n) is 2.45. The summed E-state index contributed by atoms with van der Waals surface area (Å²) in [4.78, 5) is 16.1.